The fourth-order valence-corrected chi connectivity index (χ4v) is 2.94. The van der Waals surface area contributed by atoms with Gasteiger partial charge in [-0.15, -0.1) is 0 Å². The molecule has 23 heavy (non-hydrogen) atoms. The standard InChI is InChI=1S/C14H14N4O5/c19-12(15-14(13(20)21)5-1-2-6-14)11-9-7-8(18(22)23)3-4-10(9)16-17-11/h3-4,7H,1-2,5-6H2,(H,15,19)(H,16,17)(H,20,21). The molecule has 1 heterocycles. The molecule has 0 radical (unpaired) electrons. The van der Waals surface area contributed by atoms with Crippen molar-refractivity contribution in [2.24, 2.45) is 0 Å². The first-order valence-corrected chi connectivity index (χ1v) is 7.11. The maximum atomic E-state index is 12.4. The molecule has 1 aliphatic rings. The number of nitro groups is 1. The molecule has 0 aliphatic heterocycles. The number of nitrogens with zero attached hydrogens (tertiary/aromatic N) is 2. The lowest BCUT2D eigenvalue weighted by atomic mass is 9.97. The number of H-pyrrole nitrogens is 1. The highest BCUT2D eigenvalue weighted by Gasteiger charge is 2.43. The molecule has 9 heteroatoms. The third-order valence-electron chi connectivity index (χ3n) is 4.19. The Morgan fingerprint density at radius 1 is 1.35 bits per heavy atom. The normalized spacial score (nSPS) is 16.3. The van der Waals surface area contributed by atoms with Gasteiger partial charge in [-0.25, -0.2) is 4.79 Å². The van der Waals surface area contributed by atoms with Gasteiger partial charge in [-0.1, -0.05) is 12.8 Å². The van der Waals surface area contributed by atoms with Gasteiger partial charge in [0.2, 0.25) is 0 Å². The molecule has 1 aromatic carbocycles. The number of amides is 1. The van der Waals surface area contributed by atoms with Gasteiger partial charge >= 0.3 is 5.97 Å². The summed E-state index contributed by atoms with van der Waals surface area (Å²) in [5, 5.41) is 29.6. The van der Waals surface area contributed by atoms with E-state index in [1.54, 1.807) is 0 Å². The lowest BCUT2D eigenvalue weighted by Gasteiger charge is -2.24. The SMILES string of the molecule is O=C(NC1(C(=O)O)CCCC1)c1n[nH]c2ccc([N+](=O)[O-])cc12. The third-order valence-corrected chi connectivity index (χ3v) is 4.19. The Labute approximate surface area is 129 Å². The lowest BCUT2D eigenvalue weighted by Crippen LogP contribution is -2.52. The summed E-state index contributed by atoms with van der Waals surface area (Å²) < 4.78 is 0. The summed E-state index contributed by atoms with van der Waals surface area (Å²) in [6, 6.07) is 4.01. The van der Waals surface area contributed by atoms with E-state index in [-0.39, 0.29) is 16.8 Å². The largest absolute Gasteiger partial charge is 0.480 e. The van der Waals surface area contributed by atoms with Crippen molar-refractivity contribution in [2.75, 3.05) is 0 Å². The topological polar surface area (TPSA) is 138 Å². The number of benzene rings is 1. The molecule has 1 fully saturated rings. The maximum Gasteiger partial charge on any atom is 0.329 e. The first kappa shape index (κ1) is 14.9. The number of nitrogens with one attached hydrogen (secondary N) is 2. The summed E-state index contributed by atoms with van der Waals surface area (Å²) in [6.07, 6.45) is 2.16. The van der Waals surface area contributed by atoms with Gasteiger partial charge in [0.05, 0.1) is 10.4 Å². The number of aromatic nitrogens is 2. The first-order valence-electron chi connectivity index (χ1n) is 7.11. The Kier molecular flexibility index (Phi) is 3.47. The van der Waals surface area contributed by atoms with E-state index in [0.717, 1.165) is 12.8 Å². The van der Waals surface area contributed by atoms with Crippen LogP contribution in [0.4, 0.5) is 5.69 Å². The van der Waals surface area contributed by atoms with Crippen LogP contribution in [0.25, 0.3) is 10.9 Å². The number of aliphatic carboxylic acids is 1. The molecular weight excluding hydrogens is 304 g/mol. The Morgan fingerprint density at radius 3 is 2.65 bits per heavy atom. The number of hydrogen-bond acceptors (Lipinski definition) is 5. The molecule has 1 saturated carbocycles. The summed E-state index contributed by atoms with van der Waals surface area (Å²) in [7, 11) is 0. The van der Waals surface area contributed by atoms with Crippen molar-refractivity contribution in [1.82, 2.24) is 15.5 Å². The van der Waals surface area contributed by atoms with Gasteiger partial charge in [0, 0.05) is 17.5 Å². The highest BCUT2D eigenvalue weighted by molar-refractivity contribution is 6.06. The van der Waals surface area contributed by atoms with Crippen LogP contribution in [0.2, 0.25) is 0 Å². The smallest absolute Gasteiger partial charge is 0.329 e. The second kappa shape index (κ2) is 5.34. The fourth-order valence-electron chi connectivity index (χ4n) is 2.94. The molecule has 1 aromatic heterocycles. The van der Waals surface area contributed by atoms with Crippen molar-refractivity contribution in [3.05, 3.63) is 34.0 Å². The van der Waals surface area contributed by atoms with Gasteiger partial charge in [-0.2, -0.15) is 5.10 Å². The molecular formula is C14H14N4O5. The van der Waals surface area contributed by atoms with Crippen LogP contribution in [0.3, 0.4) is 0 Å². The number of carbonyl (C=O) groups is 2. The minimum absolute atomic E-state index is 0.0452. The second-order valence-corrected chi connectivity index (χ2v) is 5.61. The Bertz CT molecular complexity index is 807. The van der Waals surface area contributed by atoms with Gasteiger partial charge in [0.1, 0.15) is 5.54 Å². The zero-order chi connectivity index (χ0) is 16.6. The van der Waals surface area contributed by atoms with Crippen LogP contribution in [0.1, 0.15) is 36.2 Å². The molecule has 0 saturated heterocycles. The number of carboxylic acid groups (broad SMARTS) is 1. The summed E-state index contributed by atoms with van der Waals surface area (Å²) in [6.45, 7) is 0. The van der Waals surface area contributed by atoms with Crippen molar-refractivity contribution in [3.8, 4) is 0 Å². The van der Waals surface area contributed by atoms with Crippen LogP contribution in [0.5, 0.6) is 0 Å². The van der Waals surface area contributed by atoms with E-state index in [0.29, 0.717) is 18.4 Å². The summed E-state index contributed by atoms with van der Waals surface area (Å²) in [5.74, 6) is -1.73. The summed E-state index contributed by atoms with van der Waals surface area (Å²) in [4.78, 5) is 34.2. The van der Waals surface area contributed by atoms with E-state index in [9.17, 15) is 24.8 Å². The average Bonchev–Trinajstić information content (AvgIpc) is 3.13. The molecule has 120 valence electrons. The Morgan fingerprint density at radius 2 is 2.04 bits per heavy atom. The van der Waals surface area contributed by atoms with Crippen LogP contribution in [-0.2, 0) is 4.79 Å². The fraction of sp³-hybridized carbons (Fsp3) is 0.357. The second-order valence-electron chi connectivity index (χ2n) is 5.61. The minimum atomic E-state index is -1.29. The van der Waals surface area contributed by atoms with Crippen LogP contribution in [0.15, 0.2) is 18.2 Å². The number of non-ortho nitro benzene ring substituents is 1. The zero-order valence-electron chi connectivity index (χ0n) is 12.0. The zero-order valence-corrected chi connectivity index (χ0v) is 12.0. The predicted octanol–water partition coefficient (Wildman–Crippen LogP) is 1.60. The number of aromatic amines is 1. The number of hydrogen-bond donors (Lipinski definition) is 3. The molecule has 0 bridgehead atoms. The van der Waals surface area contributed by atoms with Gasteiger partial charge in [-0.3, -0.25) is 20.0 Å². The molecule has 1 aliphatic carbocycles. The van der Waals surface area contributed by atoms with Crippen LogP contribution in [0, 0.1) is 10.1 Å². The molecule has 9 nitrogen and oxygen atoms in total. The molecule has 1 amide bonds. The number of carboxylic acids is 1. The molecule has 0 unspecified atom stereocenters. The lowest BCUT2D eigenvalue weighted by molar-refractivity contribution is -0.384. The van der Waals surface area contributed by atoms with Crippen molar-refractivity contribution < 1.29 is 19.6 Å². The van der Waals surface area contributed by atoms with Crippen molar-refractivity contribution in [1.29, 1.82) is 0 Å². The number of carbonyl (C=O) groups excluding carboxylic acids is 1. The van der Waals surface area contributed by atoms with E-state index in [2.05, 4.69) is 15.5 Å². The quantitative estimate of drug-likeness (QED) is 0.578. The number of rotatable bonds is 4. The van der Waals surface area contributed by atoms with E-state index >= 15 is 0 Å². The van der Waals surface area contributed by atoms with Crippen molar-refractivity contribution >= 4 is 28.5 Å². The van der Waals surface area contributed by atoms with E-state index in [4.69, 9.17) is 0 Å². The Hall–Kier alpha value is -2.97. The van der Waals surface area contributed by atoms with Crippen molar-refractivity contribution in [2.45, 2.75) is 31.2 Å². The predicted molar refractivity (Wildman–Crippen MR) is 79.0 cm³/mol. The molecule has 0 atom stereocenters. The van der Waals surface area contributed by atoms with Crippen LogP contribution < -0.4 is 5.32 Å². The van der Waals surface area contributed by atoms with Gasteiger partial charge in [0.25, 0.3) is 11.6 Å². The molecule has 3 rings (SSSR count). The minimum Gasteiger partial charge on any atom is -0.480 e. The number of fused-ring (bicyclic) bond motifs is 1. The van der Waals surface area contributed by atoms with E-state index in [1.165, 1.54) is 18.2 Å². The van der Waals surface area contributed by atoms with E-state index in [1.807, 2.05) is 0 Å². The monoisotopic (exact) mass is 318 g/mol. The van der Waals surface area contributed by atoms with E-state index < -0.39 is 22.3 Å². The molecule has 2 aromatic rings. The molecule has 0 spiro atoms. The third kappa shape index (κ3) is 2.50. The van der Waals surface area contributed by atoms with Gasteiger partial charge in [-0.05, 0) is 18.9 Å². The maximum absolute atomic E-state index is 12.4. The summed E-state index contributed by atoms with van der Waals surface area (Å²) in [5.41, 5.74) is -1.03. The van der Waals surface area contributed by atoms with Gasteiger partial charge in [0.15, 0.2) is 5.69 Å². The van der Waals surface area contributed by atoms with Crippen molar-refractivity contribution in [3.63, 3.8) is 0 Å². The Balaban J connectivity index is 1.96. The highest BCUT2D eigenvalue weighted by Crippen LogP contribution is 2.31. The average molecular weight is 318 g/mol. The highest BCUT2D eigenvalue weighted by atomic mass is 16.6. The van der Waals surface area contributed by atoms with Crippen LogP contribution in [-0.4, -0.2) is 37.6 Å². The number of nitro benzene ring substituents is 1. The first-order chi connectivity index (χ1) is 10.9. The van der Waals surface area contributed by atoms with Crippen LogP contribution >= 0.6 is 0 Å². The summed E-state index contributed by atoms with van der Waals surface area (Å²) >= 11 is 0. The molecule has 3 N–H and O–H groups in total. The van der Waals surface area contributed by atoms with Gasteiger partial charge < -0.3 is 10.4 Å².